The number of nitrogens with one attached hydrogen (secondary N) is 1. The highest BCUT2D eigenvalue weighted by Gasteiger charge is 2.16. The van der Waals surface area contributed by atoms with Gasteiger partial charge in [0, 0.05) is 35.3 Å². The molecule has 3 rings (SSSR count). The molecule has 0 saturated heterocycles. The monoisotopic (exact) mass is 354 g/mol. The second-order valence-electron chi connectivity index (χ2n) is 5.72. The fourth-order valence-electron chi connectivity index (χ4n) is 2.56. The van der Waals surface area contributed by atoms with Gasteiger partial charge >= 0.3 is 0 Å². The largest absolute Gasteiger partial charge is 0.322 e. The van der Waals surface area contributed by atoms with Crippen molar-refractivity contribution in [3.63, 3.8) is 0 Å². The van der Waals surface area contributed by atoms with Gasteiger partial charge < -0.3 is 9.88 Å². The third-order valence-corrected chi connectivity index (χ3v) is 3.96. The minimum absolute atomic E-state index is 0.122. The van der Waals surface area contributed by atoms with Crippen molar-refractivity contribution in [2.24, 2.45) is 0 Å². The molecule has 26 heavy (non-hydrogen) atoms. The van der Waals surface area contributed by atoms with Crippen molar-refractivity contribution in [1.29, 1.82) is 0 Å². The van der Waals surface area contributed by atoms with Gasteiger partial charge in [0.25, 0.3) is 11.6 Å². The molecule has 1 amide bonds. The van der Waals surface area contributed by atoms with Crippen LogP contribution in [-0.2, 0) is 0 Å². The predicted molar refractivity (Wildman–Crippen MR) is 94.0 cm³/mol. The maximum absolute atomic E-state index is 14.4. The molecule has 1 aromatic heterocycles. The van der Waals surface area contributed by atoms with Gasteiger partial charge in [-0.2, -0.15) is 0 Å². The van der Waals surface area contributed by atoms with Gasteiger partial charge in [0.1, 0.15) is 11.6 Å². The van der Waals surface area contributed by atoms with E-state index < -0.39 is 16.6 Å². The number of rotatable bonds is 4. The molecule has 8 heteroatoms. The summed E-state index contributed by atoms with van der Waals surface area (Å²) in [6, 6.07) is 8.45. The van der Waals surface area contributed by atoms with Crippen LogP contribution >= 0.6 is 0 Å². The molecule has 3 aromatic rings. The van der Waals surface area contributed by atoms with E-state index in [1.165, 1.54) is 30.3 Å². The first-order valence-electron chi connectivity index (χ1n) is 7.73. The van der Waals surface area contributed by atoms with Crippen LogP contribution in [0.2, 0.25) is 0 Å². The average Bonchev–Trinajstić information content (AvgIpc) is 3.01. The zero-order valence-electron chi connectivity index (χ0n) is 14.1. The zero-order chi connectivity index (χ0) is 18.8. The van der Waals surface area contributed by atoms with E-state index in [1.54, 1.807) is 36.9 Å². The van der Waals surface area contributed by atoms with Crippen LogP contribution in [0.4, 0.5) is 15.8 Å². The molecule has 0 unspecified atom stereocenters. The van der Waals surface area contributed by atoms with E-state index in [0.717, 1.165) is 0 Å². The highest BCUT2D eigenvalue weighted by atomic mass is 19.1. The Bertz CT molecular complexity index is 1010. The SMILES string of the molecule is Cc1ccc(C(=O)Nc2ccc(-n3ccnc3C)c(F)c2)cc1[N+](=O)[O-]. The molecule has 7 nitrogen and oxygen atoms in total. The summed E-state index contributed by atoms with van der Waals surface area (Å²) < 4.78 is 16.0. The summed E-state index contributed by atoms with van der Waals surface area (Å²) in [4.78, 5) is 26.8. The number of amides is 1. The first-order chi connectivity index (χ1) is 12.4. The molecular formula is C18H15FN4O3. The number of hydrogen-bond donors (Lipinski definition) is 1. The molecule has 1 heterocycles. The standard InChI is InChI=1S/C18H15FN4O3/c1-11-3-4-13(9-17(11)23(25)26)18(24)21-14-5-6-16(15(19)10-14)22-8-7-20-12(22)2/h3-10H,1-2H3,(H,21,24). The van der Waals surface area contributed by atoms with Crippen LogP contribution in [0.15, 0.2) is 48.8 Å². The summed E-state index contributed by atoms with van der Waals surface area (Å²) in [7, 11) is 0. The summed E-state index contributed by atoms with van der Waals surface area (Å²) in [6.07, 6.45) is 3.20. The van der Waals surface area contributed by atoms with Crippen molar-refractivity contribution in [3.8, 4) is 5.69 Å². The number of aromatic nitrogens is 2. The third-order valence-electron chi connectivity index (χ3n) is 3.96. The molecule has 0 saturated carbocycles. The Hall–Kier alpha value is -3.55. The maximum atomic E-state index is 14.4. The number of anilines is 1. The summed E-state index contributed by atoms with van der Waals surface area (Å²) in [5.41, 5.74) is 0.992. The Labute approximate surface area is 148 Å². The fraction of sp³-hybridized carbons (Fsp3) is 0.111. The Morgan fingerprint density at radius 3 is 2.62 bits per heavy atom. The molecule has 0 atom stereocenters. The molecule has 132 valence electrons. The van der Waals surface area contributed by atoms with Crippen molar-refractivity contribution in [3.05, 3.63) is 81.7 Å². The van der Waals surface area contributed by atoms with E-state index >= 15 is 0 Å². The molecule has 0 radical (unpaired) electrons. The molecule has 0 spiro atoms. The van der Waals surface area contributed by atoms with Gasteiger partial charge in [-0.05, 0) is 38.1 Å². The highest BCUT2D eigenvalue weighted by molar-refractivity contribution is 6.04. The lowest BCUT2D eigenvalue weighted by atomic mass is 10.1. The molecule has 0 bridgehead atoms. The third kappa shape index (κ3) is 3.30. The van der Waals surface area contributed by atoms with E-state index in [1.807, 2.05) is 0 Å². The van der Waals surface area contributed by atoms with E-state index in [9.17, 15) is 19.3 Å². The van der Waals surface area contributed by atoms with Crippen LogP contribution in [0.5, 0.6) is 0 Å². The molecule has 1 N–H and O–H groups in total. The second-order valence-corrected chi connectivity index (χ2v) is 5.72. The summed E-state index contributed by atoms with van der Waals surface area (Å²) in [5, 5.41) is 13.5. The lowest BCUT2D eigenvalue weighted by Crippen LogP contribution is -2.13. The van der Waals surface area contributed by atoms with E-state index in [2.05, 4.69) is 10.3 Å². The first-order valence-corrected chi connectivity index (χ1v) is 7.73. The molecule has 0 aliphatic rings. The Kier molecular flexibility index (Phi) is 4.49. The number of carbonyl (C=O) groups is 1. The van der Waals surface area contributed by atoms with E-state index in [0.29, 0.717) is 17.1 Å². The second kappa shape index (κ2) is 6.75. The maximum Gasteiger partial charge on any atom is 0.273 e. The number of nitrogens with zero attached hydrogens (tertiary/aromatic N) is 3. The van der Waals surface area contributed by atoms with Gasteiger partial charge in [0.2, 0.25) is 0 Å². The van der Waals surface area contributed by atoms with Crippen molar-refractivity contribution in [2.45, 2.75) is 13.8 Å². The number of aryl methyl sites for hydroxylation is 2. The van der Waals surface area contributed by atoms with Crippen molar-refractivity contribution in [1.82, 2.24) is 9.55 Å². The van der Waals surface area contributed by atoms with E-state index in [-0.39, 0.29) is 16.9 Å². The lowest BCUT2D eigenvalue weighted by Gasteiger charge is -2.10. The van der Waals surface area contributed by atoms with Gasteiger partial charge in [0.15, 0.2) is 0 Å². The first kappa shape index (κ1) is 17.3. The predicted octanol–water partition coefficient (Wildman–Crippen LogP) is 3.79. The number of halogens is 1. The van der Waals surface area contributed by atoms with Crippen LogP contribution in [0.25, 0.3) is 5.69 Å². The Morgan fingerprint density at radius 1 is 1.23 bits per heavy atom. The quantitative estimate of drug-likeness (QED) is 0.570. The molecule has 0 aliphatic heterocycles. The van der Waals surface area contributed by atoms with Crippen LogP contribution in [-0.4, -0.2) is 20.4 Å². The minimum atomic E-state index is -0.556. The Balaban J connectivity index is 1.84. The topological polar surface area (TPSA) is 90.1 Å². The highest BCUT2D eigenvalue weighted by Crippen LogP contribution is 2.22. The average molecular weight is 354 g/mol. The van der Waals surface area contributed by atoms with Crippen molar-refractivity contribution >= 4 is 17.3 Å². The number of nitro groups is 1. The lowest BCUT2D eigenvalue weighted by molar-refractivity contribution is -0.385. The van der Waals surface area contributed by atoms with Gasteiger partial charge in [-0.1, -0.05) is 6.07 Å². The van der Waals surface area contributed by atoms with Crippen LogP contribution in [0.1, 0.15) is 21.7 Å². The van der Waals surface area contributed by atoms with Gasteiger partial charge in [-0.3, -0.25) is 14.9 Å². The van der Waals surface area contributed by atoms with Crippen LogP contribution in [0.3, 0.4) is 0 Å². The summed E-state index contributed by atoms with van der Waals surface area (Å²) >= 11 is 0. The summed E-state index contributed by atoms with van der Waals surface area (Å²) in [5.74, 6) is -0.453. The number of carbonyl (C=O) groups excluding carboxylic acids is 1. The van der Waals surface area contributed by atoms with Gasteiger partial charge in [-0.15, -0.1) is 0 Å². The smallest absolute Gasteiger partial charge is 0.273 e. The number of imidazole rings is 1. The molecule has 0 fully saturated rings. The van der Waals surface area contributed by atoms with Crippen molar-refractivity contribution < 1.29 is 14.1 Å². The van der Waals surface area contributed by atoms with Crippen molar-refractivity contribution in [2.75, 3.05) is 5.32 Å². The van der Waals surface area contributed by atoms with E-state index in [4.69, 9.17) is 0 Å². The van der Waals surface area contributed by atoms with Gasteiger partial charge in [-0.25, -0.2) is 9.37 Å². The fourth-order valence-corrected chi connectivity index (χ4v) is 2.56. The van der Waals surface area contributed by atoms with Gasteiger partial charge in [0.05, 0.1) is 10.6 Å². The normalized spacial score (nSPS) is 10.6. The summed E-state index contributed by atoms with van der Waals surface area (Å²) in [6.45, 7) is 3.34. The van der Waals surface area contributed by atoms with Crippen LogP contribution < -0.4 is 5.32 Å². The molecule has 2 aromatic carbocycles. The number of hydrogen-bond acceptors (Lipinski definition) is 4. The zero-order valence-corrected chi connectivity index (χ0v) is 14.1. The minimum Gasteiger partial charge on any atom is -0.322 e. The molecular weight excluding hydrogens is 339 g/mol. The molecule has 0 aliphatic carbocycles. The number of benzene rings is 2. The Morgan fingerprint density at radius 2 is 2.00 bits per heavy atom. The van der Waals surface area contributed by atoms with Crippen LogP contribution in [0, 0.1) is 29.8 Å². The number of nitro benzene ring substituents is 1.